The van der Waals surface area contributed by atoms with Crippen LogP contribution in [-0.2, 0) is 4.74 Å². The largest absolute Gasteiger partial charge is 0.394 e. The summed E-state index contributed by atoms with van der Waals surface area (Å²) in [6.45, 7) is 0.426. The Morgan fingerprint density at radius 2 is 1.86 bits per heavy atom. The molecule has 0 saturated carbocycles. The standard InChI is InChI=1S/C7H15NO6/c1-6(12)7(8,13)5(11)4(10)3(2-9)14-6/h3-5,9-13H,2,8H2,1H3/t3-,4-,5+,6?,7-/m1/s1. The highest BCUT2D eigenvalue weighted by molar-refractivity contribution is 5.01. The van der Waals surface area contributed by atoms with Gasteiger partial charge in [-0.15, -0.1) is 0 Å². The van der Waals surface area contributed by atoms with Gasteiger partial charge >= 0.3 is 0 Å². The van der Waals surface area contributed by atoms with Crippen LogP contribution in [0.3, 0.4) is 0 Å². The van der Waals surface area contributed by atoms with Crippen LogP contribution in [0.1, 0.15) is 6.92 Å². The second kappa shape index (κ2) is 3.38. The molecule has 14 heavy (non-hydrogen) atoms. The van der Waals surface area contributed by atoms with Crippen LogP contribution in [-0.4, -0.2) is 62.0 Å². The number of hydrogen-bond acceptors (Lipinski definition) is 7. The van der Waals surface area contributed by atoms with E-state index in [0.29, 0.717) is 0 Å². The normalized spacial score (nSPS) is 54.6. The molecule has 0 aromatic heterocycles. The van der Waals surface area contributed by atoms with E-state index < -0.39 is 36.4 Å². The Hall–Kier alpha value is -0.280. The van der Waals surface area contributed by atoms with Crippen molar-refractivity contribution in [1.82, 2.24) is 0 Å². The minimum Gasteiger partial charge on any atom is -0.394 e. The maximum absolute atomic E-state index is 9.51. The van der Waals surface area contributed by atoms with Gasteiger partial charge in [0.2, 0.25) is 5.79 Å². The van der Waals surface area contributed by atoms with Crippen LogP contribution in [0, 0.1) is 0 Å². The highest BCUT2D eigenvalue weighted by atomic mass is 16.7. The molecule has 1 fully saturated rings. The summed E-state index contributed by atoms with van der Waals surface area (Å²) in [5.41, 5.74) is 2.71. The van der Waals surface area contributed by atoms with Gasteiger partial charge in [0.1, 0.15) is 18.3 Å². The topological polar surface area (TPSA) is 136 Å². The molecular formula is C7H15NO6. The van der Waals surface area contributed by atoms with E-state index in [-0.39, 0.29) is 0 Å². The maximum Gasteiger partial charge on any atom is 0.209 e. The van der Waals surface area contributed by atoms with Crippen molar-refractivity contribution in [3.05, 3.63) is 0 Å². The van der Waals surface area contributed by atoms with Crippen molar-refractivity contribution >= 4 is 0 Å². The molecule has 0 aliphatic carbocycles. The fourth-order valence-electron chi connectivity index (χ4n) is 1.34. The van der Waals surface area contributed by atoms with E-state index in [1.54, 1.807) is 0 Å². The second-order valence-electron chi connectivity index (χ2n) is 3.58. The quantitative estimate of drug-likeness (QED) is 0.246. The van der Waals surface area contributed by atoms with Crippen molar-refractivity contribution in [3.8, 4) is 0 Å². The predicted octanol–water partition coefficient (Wildman–Crippen LogP) is -3.54. The number of ether oxygens (including phenoxy) is 1. The molecule has 1 unspecified atom stereocenters. The van der Waals surface area contributed by atoms with Gasteiger partial charge in [-0.1, -0.05) is 0 Å². The Labute approximate surface area is 80.3 Å². The molecule has 1 aliphatic heterocycles. The van der Waals surface area contributed by atoms with E-state index in [1.807, 2.05) is 0 Å². The van der Waals surface area contributed by atoms with Gasteiger partial charge in [0.15, 0.2) is 5.72 Å². The Morgan fingerprint density at radius 1 is 1.36 bits per heavy atom. The number of aliphatic hydroxyl groups is 5. The van der Waals surface area contributed by atoms with Crippen LogP contribution >= 0.6 is 0 Å². The summed E-state index contributed by atoms with van der Waals surface area (Å²) in [4.78, 5) is 0. The molecular weight excluding hydrogens is 194 g/mol. The summed E-state index contributed by atoms with van der Waals surface area (Å²) in [7, 11) is 0. The first kappa shape index (κ1) is 11.8. The molecule has 1 heterocycles. The smallest absolute Gasteiger partial charge is 0.209 e. The van der Waals surface area contributed by atoms with Gasteiger partial charge in [-0.05, 0) is 6.92 Å². The second-order valence-corrected chi connectivity index (χ2v) is 3.58. The summed E-state index contributed by atoms with van der Waals surface area (Å²) in [5, 5.41) is 46.4. The Morgan fingerprint density at radius 3 is 2.29 bits per heavy atom. The lowest BCUT2D eigenvalue weighted by Crippen LogP contribution is -2.76. The molecule has 7 heteroatoms. The first-order valence-electron chi connectivity index (χ1n) is 4.12. The first-order valence-corrected chi connectivity index (χ1v) is 4.12. The number of rotatable bonds is 1. The minimum absolute atomic E-state index is 0.607. The third kappa shape index (κ3) is 1.52. The summed E-state index contributed by atoms with van der Waals surface area (Å²) in [5.74, 6) is -2.24. The molecule has 0 aromatic rings. The number of nitrogens with two attached hydrogens (primary N) is 1. The maximum atomic E-state index is 9.51. The summed E-state index contributed by atoms with van der Waals surface area (Å²) < 4.78 is 4.74. The van der Waals surface area contributed by atoms with E-state index in [0.717, 1.165) is 6.92 Å². The molecule has 0 amide bonds. The van der Waals surface area contributed by atoms with Crippen LogP contribution < -0.4 is 5.73 Å². The SMILES string of the molecule is CC1(O)O[C@H](CO)[C@@H](O)[C@H](O)[C@@]1(N)O. The van der Waals surface area contributed by atoms with Crippen molar-refractivity contribution in [1.29, 1.82) is 0 Å². The van der Waals surface area contributed by atoms with Gasteiger partial charge < -0.3 is 30.3 Å². The fraction of sp³-hybridized carbons (Fsp3) is 1.00. The average molecular weight is 209 g/mol. The van der Waals surface area contributed by atoms with Crippen molar-refractivity contribution < 1.29 is 30.3 Å². The zero-order valence-corrected chi connectivity index (χ0v) is 7.66. The Kier molecular flexibility index (Phi) is 2.85. The van der Waals surface area contributed by atoms with Crippen LogP contribution in [0.15, 0.2) is 0 Å². The van der Waals surface area contributed by atoms with Crippen molar-refractivity contribution in [3.63, 3.8) is 0 Å². The van der Waals surface area contributed by atoms with E-state index in [1.165, 1.54) is 0 Å². The lowest BCUT2D eigenvalue weighted by Gasteiger charge is -2.49. The van der Waals surface area contributed by atoms with Gasteiger partial charge in [-0.25, -0.2) is 0 Å². The fourth-order valence-corrected chi connectivity index (χ4v) is 1.34. The Bertz CT molecular complexity index is 218. The molecule has 1 saturated heterocycles. The molecule has 0 bridgehead atoms. The zero-order valence-electron chi connectivity index (χ0n) is 7.66. The van der Waals surface area contributed by atoms with E-state index in [9.17, 15) is 20.4 Å². The molecule has 1 rings (SSSR count). The summed E-state index contributed by atoms with van der Waals surface area (Å²) >= 11 is 0. The first-order chi connectivity index (χ1) is 6.24. The highest BCUT2D eigenvalue weighted by Gasteiger charge is 2.58. The minimum atomic E-state index is -2.49. The van der Waals surface area contributed by atoms with Crippen LogP contribution in [0.25, 0.3) is 0 Å². The van der Waals surface area contributed by atoms with Gasteiger partial charge in [-0.2, -0.15) is 0 Å². The Balaban J connectivity index is 2.95. The van der Waals surface area contributed by atoms with Gasteiger partial charge in [0.05, 0.1) is 6.61 Å². The van der Waals surface area contributed by atoms with Crippen LogP contribution in [0.4, 0.5) is 0 Å². The van der Waals surface area contributed by atoms with E-state index in [4.69, 9.17) is 15.6 Å². The third-order valence-electron chi connectivity index (χ3n) is 2.46. The van der Waals surface area contributed by atoms with Gasteiger partial charge in [-0.3, -0.25) is 5.73 Å². The average Bonchev–Trinajstić information content (AvgIpc) is 2.09. The van der Waals surface area contributed by atoms with Gasteiger partial charge in [0, 0.05) is 0 Å². The lowest BCUT2D eigenvalue weighted by atomic mass is 9.88. The molecule has 5 atom stereocenters. The molecule has 7 nitrogen and oxygen atoms in total. The highest BCUT2D eigenvalue weighted by Crippen LogP contribution is 2.32. The lowest BCUT2D eigenvalue weighted by molar-refractivity contribution is -0.380. The van der Waals surface area contributed by atoms with Gasteiger partial charge in [0.25, 0.3) is 0 Å². The van der Waals surface area contributed by atoms with Crippen molar-refractivity contribution in [2.45, 2.75) is 36.7 Å². The number of hydrogen-bond donors (Lipinski definition) is 6. The van der Waals surface area contributed by atoms with E-state index in [2.05, 4.69) is 0 Å². The third-order valence-corrected chi connectivity index (χ3v) is 2.46. The van der Waals surface area contributed by atoms with Crippen molar-refractivity contribution in [2.24, 2.45) is 5.73 Å². The summed E-state index contributed by atoms with van der Waals surface area (Å²) in [6.07, 6.45) is -4.55. The van der Waals surface area contributed by atoms with Crippen LogP contribution in [0.2, 0.25) is 0 Å². The zero-order chi connectivity index (χ0) is 11.1. The molecule has 0 spiro atoms. The molecule has 7 N–H and O–H groups in total. The predicted molar refractivity (Wildman–Crippen MR) is 43.7 cm³/mol. The summed E-state index contributed by atoms with van der Waals surface area (Å²) in [6, 6.07) is 0. The number of aliphatic hydroxyl groups excluding tert-OH is 3. The molecule has 0 aromatic carbocycles. The molecule has 0 radical (unpaired) electrons. The monoisotopic (exact) mass is 209 g/mol. The van der Waals surface area contributed by atoms with E-state index >= 15 is 0 Å². The van der Waals surface area contributed by atoms with Crippen LogP contribution in [0.5, 0.6) is 0 Å². The molecule has 1 aliphatic rings. The molecule has 84 valence electrons. The van der Waals surface area contributed by atoms with Crippen molar-refractivity contribution in [2.75, 3.05) is 6.61 Å².